The van der Waals surface area contributed by atoms with E-state index in [9.17, 15) is 9.59 Å². The number of primary amides is 1. The Balaban J connectivity index is 1.79. The van der Waals surface area contributed by atoms with Crippen molar-refractivity contribution >= 4 is 12.0 Å². The molecule has 7 nitrogen and oxygen atoms in total. The van der Waals surface area contributed by atoms with Crippen LogP contribution in [0.3, 0.4) is 0 Å². The number of likely N-dealkylation sites (tertiary alicyclic amines) is 1. The number of terminal acetylenes is 1. The minimum Gasteiger partial charge on any atom is -0.423 e. The minimum absolute atomic E-state index is 0.00955. The van der Waals surface area contributed by atoms with Gasteiger partial charge in [-0.05, 0) is 30.5 Å². The highest BCUT2D eigenvalue weighted by molar-refractivity contribution is 5.82. The molecule has 1 aliphatic heterocycles. The second kappa shape index (κ2) is 8.93. The molecule has 2 unspecified atom stereocenters. The average molecular weight is 395 g/mol. The summed E-state index contributed by atoms with van der Waals surface area (Å²) in [6, 6.07) is 7.02. The number of nitrogens with one attached hydrogen (secondary N) is 1. The summed E-state index contributed by atoms with van der Waals surface area (Å²) < 4.78 is 4.73. The topological polar surface area (TPSA) is 91.9 Å². The molecule has 0 saturated carbocycles. The van der Waals surface area contributed by atoms with E-state index in [1.54, 1.807) is 6.20 Å². The smallest absolute Gasteiger partial charge is 0.423 e. The quantitative estimate of drug-likeness (QED) is 0.758. The summed E-state index contributed by atoms with van der Waals surface area (Å²) in [6.45, 7) is 4.50. The second-order valence-electron chi connectivity index (χ2n) is 7.55. The lowest BCUT2D eigenvalue weighted by molar-refractivity contribution is -0.601. The Morgan fingerprint density at radius 3 is 2.69 bits per heavy atom. The number of rotatable bonds is 5. The number of amides is 2. The molecule has 2 aromatic rings. The summed E-state index contributed by atoms with van der Waals surface area (Å²) in [5.74, 6) is 3.29. The van der Waals surface area contributed by atoms with Gasteiger partial charge in [-0.15, -0.1) is 6.42 Å². The maximum atomic E-state index is 13.2. The van der Waals surface area contributed by atoms with Gasteiger partial charge in [0.25, 0.3) is 5.91 Å². The predicted octanol–water partition coefficient (Wildman–Crippen LogP) is 2.08. The molecule has 0 aliphatic carbocycles. The lowest BCUT2D eigenvalue weighted by Crippen LogP contribution is -2.96. The van der Waals surface area contributed by atoms with E-state index in [1.807, 2.05) is 43.0 Å². The van der Waals surface area contributed by atoms with Crippen molar-refractivity contribution in [3.05, 3.63) is 41.9 Å². The maximum Gasteiger partial charge on any atom is 0.513 e. The van der Waals surface area contributed by atoms with Crippen LogP contribution in [-0.2, 0) is 9.53 Å². The zero-order valence-electron chi connectivity index (χ0n) is 17.0. The highest BCUT2D eigenvalue weighted by Crippen LogP contribution is 2.32. The van der Waals surface area contributed by atoms with Crippen LogP contribution in [-0.4, -0.2) is 46.6 Å². The second-order valence-corrected chi connectivity index (χ2v) is 7.55. The fourth-order valence-corrected chi connectivity index (χ4v) is 3.67. The number of carbonyl (C=O) groups excluding carboxylic acids is 2. The number of nitrogens with zero attached hydrogens (tertiary/aromatic N) is 2. The third kappa shape index (κ3) is 4.49. The number of nitrogens with two attached hydrogens (primary N) is 1. The number of ether oxygens (including phenoxy) is 1. The largest absolute Gasteiger partial charge is 0.513 e. The van der Waals surface area contributed by atoms with Gasteiger partial charge in [0, 0.05) is 18.0 Å². The number of carbonyl (C=O) groups is 2. The van der Waals surface area contributed by atoms with E-state index in [-0.39, 0.29) is 17.9 Å². The fraction of sp³-hybridized carbons (Fsp3) is 0.409. The first kappa shape index (κ1) is 20.6. The highest BCUT2D eigenvalue weighted by atomic mass is 16.5. The van der Waals surface area contributed by atoms with Gasteiger partial charge in [-0.25, -0.2) is 10.3 Å². The van der Waals surface area contributed by atoms with Crippen LogP contribution in [0, 0.1) is 18.3 Å². The van der Waals surface area contributed by atoms with E-state index in [1.165, 1.54) is 12.4 Å². The molecule has 2 atom stereocenters. The van der Waals surface area contributed by atoms with Crippen LogP contribution in [0.15, 0.2) is 30.5 Å². The molecule has 1 saturated heterocycles. The predicted molar refractivity (Wildman–Crippen MR) is 109 cm³/mol. The molecule has 152 valence electrons. The third-order valence-electron chi connectivity index (χ3n) is 5.33. The van der Waals surface area contributed by atoms with Crippen molar-refractivity contribution in [3.8, 4) is 23.6 Å². The Morgan fingerprint density at radius 1 is 1.34 bits per heavy atom. The van der Waals surface area contributed by atoms with Gasteiger partial charge >= 0.3 is 6.09 Å². The fourth-order valence-electron chi connectivity index (χ4n) is 3.67. The molecule has 2 heterocycles. The van der Waals surface area contributed by atoms with Crippen molar-refractivity contribution in [2.45, 2.75) is 38.8 Å². The van der Waals surface area contributed by atoms with Crippen LogP contribution in [0.25, 0.3) is 11.3 Å². The summed E-state index contributed by atoms with van der Waals surface area (Å²) in [7, 11) is 1.32. The van der Waals surface area contributed by atoms with Crippen molar-refractivity contribution in [3.63, 3.8) is 0 Å². The molecule has 1 aromatic heterocycles. The first-order chi connectivity index (χ1) is 13.9. The number of aromatic amines is 1. The Labute approximate surface area is 170 Å². The van der Waals surface area contributed by atoms with Gasteiger partial charge < -0.3 is 14.6 Å². The molecule has 1 aliphatic rings. The molecule has 2 amide bonds. The number of quaternary nitrogens is 1. The Morgan fingerprint density at radius 2 is 2.07 bits per heavy atom. The number of H-pyrrole nitrogens is 1. The lowest BCUT2D eigenvalue weighted by atomic mass is 10.0. The summed E-state index contributed by atoms with van der Waals surface area (Å²) >= 11 is 0. The number of hydrogen-bond donors (Lipinski definition) is 2. The molecule has 1 fully saturated rings. The molecule has 0 bridgehead atoms. The molecule has 29 heavy (non-hydrogen) atoms. The van der Waals surface area contributed by atoms with Crippen LogP contribution in [0.1, 0.15) is 44.1 Å². The first-order valence-electron chi connectivity index (χ1n) is 9.79. The number of benzene rings is 1. The van der Waals surface area contributed by atoms with Gasteiger partial charge in [0.1, 0.15) is 5.82 Å². The Hall–Kier alpha value is -3.11. The van der Waals surface area contributed by atoms with Crippen molar-refractivity contribution in [2.75, 3.05) is 13.7 Å². The van der Waals surface area contributed by atoms with Gasteiger partial charge in [0.05, 0.1) is 25.0 Å². The number of imidazole rings is 1. The zero-order valence-corrected chi connectivity index (χ0v) is 17.0. The summed E-state index contributed by atoms with van der Waals surface area (Å²) in [5, 5.41) is 1.38. The van der Waals surface area contributed by atoms with Crippen LogP contribution in [0.4, 0.5) is 4.79 Å². The number of hydrogen-bond acceptors (Lipinski definition) is 4. The summed E-state index contributed by atoms with van der Waals surface area (Å²) in [4.78, 5) is 34.6. The van der Waals surface area contributed by atoms with Crippen LogP contribution in [0.2, 0.25) is 0 Å². The molecule has 0 spiro atoms. The normalized spacial score (nSPS) is 17.2. The summed E-state index contributed by atoms with van der Waals surface area (Å²) in [5.41, 5.74) is 2.68. The molecule has 3 rings (SSSR count). The van der Waals surface area contributed by atoms with E-state index in [4.69, 9.17) is 11.2 Å². The Bertz CT molecular complexity index is 911. The molecular weight excluding hydrogens is 368 g/mol. The van der Waals surface area contributed by atoms with E-state index >= 15 is 0 Å². The van der Waals surface area contributed by atoms with Gasteiger partial charge in [0.15, 0.2) is 6.04 Å². The minimum atomic E-state index is -0.520. The number of aromatic nitrogens is 2. The molecular formula is C22H27N4O3+. The van der Waals surface area contributed by atoms with E-state index in [2.05, 4.69) is 15.9 Å². The number of methoxy groups -OCH3 is 1. The van der Waals surface area contributed by atoms with Crippen molar-refractivity contribution in [2.24, 2.45) is 5.92 Å². The SMILES string of the molecule is C#Cc1ccc(-c2cnc(C3CCCN3C(=O)C([NH2+]C(=O)OC)C(C)C)[nH]2)cc1. The molecule has 3 N–H and O–H groups in total. The van der Waals surface area contributed by atoms with Crippen molar-refractivity contribution in [1.29, 1.82) is 0 Å². The van der Waals surface area contributed by atoms with Gasteiger partial charge in [-0.1, -0.05) is 31.9 Å². The zero-order chi connectivity index (χ0) is 21.0. The van der Waals surface area contributed by atoms with Crippen molar-refractivity contribution in [1.82, 2.24) is 14.9 Å². The van der Waals surface area contributed by atoms with Gasteiger partial charge in [0.2, 0.25) is 0 Å². The first-order valence-corrected chi connectivity index (χ1v) is 9.79. The van der Waals surface area contributed by atoms with Gasteiger partial charge in [-0.2, -0.15) is 4.79 Å². The standard InChI is InChI=1S/C22H26N4O3/c1-5-15-8-10-16(11-9-15)17-13-23-20(24-17)18-7-6-12-26(18)21(27)19(14(2)3)25-22(28)29-4/h1,8-11,13-14,18-19H,6-7,12H2,2-4H3,(H,23,24)(H,25,28)/p+1. The van der Waals surface area contributed by atoms with Crippen molar-refractivity contribution < 1.29 is 19.6 Å². The molecule has 7 heteroatoms. The highest BCUT2D eigenvalue weighted by Gasteiger charge is 2.39. The average Bonchev–Trinajstić information content (AvgIpc) is 3.40. The van der Waals surface area contributed by atoms with E-state index in [0.29, 0.717) is 6.54 Å². The molecule has 1 aromatic carbocycles. The van der Waals surface area contributed by atoms with E-state index in [0.717, 1.165) is 35.5 Å². The monoisotopic (exact) mass is 395 g/mol. The van der Waals surface area contributed by atoms with Crippen LogP contribution in [0.5, 0.6) is 0 Å². The van der Waals surface area contributed by atoms with Crippen LogP contribution < -0.4 is 5.32 Å². The van der Waals surface area contributed by atoms with E-state index < -0.39 is 12.1 Å². The third-order valence-corrected chi connectivity index (χ3v) is 5.33. The summed E-state index contributed by atoms with van der Waals surface area (Å²) in [6.07, 6.45) is 8.44. The van der Waals surface area contributed by atoms with Crippen LogP contribution >= 0.6 is 0 Å². The van der Waals surface area contributed by atoms with Gasteiger partial charge in [-0.3, -0.25) is 4.79 Å². The lowest BCUT2D eigenvalue weighted by Gasteiger charge is -2.27. The molecule has 0 radical (unpaired) electrons. The Kier molecular flexibility index (Phi) is 6.35. The maximum absolute atomic E-state index is 13.2.